The highest BCUT2D eigenvalue weighted by Gasteiger charge is 2.53. The number of carboxylic acids is 2. The largest absolute Gasteiger partial charge is 0.481 e. The first-order chi connectivity index (χ1) is 10.5. The predicted octanol–water partition coefficient (Wildman–Crippen LogP) is 2.07. The fraction of sp³-hybridized carbons (Fsp3) is 0.438. The van der Waals surface area contributed by atoms with Gasteiger partial charge in [0.05, 0.1) is 17.4 Å². The molecule has 0 aromatic heterocycles. The van der Waals surface area contributed by atoms with Crippen molar-refractivity contribution in [3.05, 3.63) is 29.8 Å². The van der Waals surface area contributed by atoms with Gasteiger partial charge in [-0.15, -0.1) is 0 Å². The molecule has 4 atom stereocenters. The van der Waals surface area contributed by atoms with E-state index < -0.39 is 23.8 Å². The Hall–Kier alpha value is -2.37. The third-order valence-corrected chi connectivity index (χ3v) is 4.88. The van der Waals surface area contributed by atoms with Gasteiger partial charge in [0, 0.05) is 5.69 Å². The number of aliphatic carboxylic acids is 1. The van der Waals surface area contributed by atoms with Crippen molar-refractivity contribution in [2.45, 2.75) is 19.3 Å². The number of rotatable bonds is 4. The summed E-state index contributed by atoms with van der Waals surface area (Å²) < 4.78 is 0. The standard InChI is InChI=1S/C16H17NO5/c18-14(17-11-3-1-2-10(7-11)15(19)20)12-8-4-5-9(6-8)13(12)16(21)22/h1-3,7-9,12-13H,4-6H2,(H,17,18)(H,19,20)(H,21,22)/t8-,9-,12+,13-/m0/s1. The predicted molar refractivity (Wildman–Crippen MR) is 77.5 cm³/mol. The number of carboxylic acid groups (broad SMARTS) is 2. The lowest BCUT2D eigenvalue weighted by atomic mass is 9.78. The van der Waals surface area contributed by atoms with E-state index in [1.54, 1.807) is 12.1 Å². The summed E-state index contributed by atoms with van der Waals surface area (Å²) in [6.07, 6.45) is 2.56. The van der Waals surface area contributed by atoms with Crippen LogP contribution < -0.4 is 5.32 Å². The molecule has 2 aliphatic rings. The molecule has 0 heterocycles. The van der Waals surface area contributed by atoms with Gasteiger partial charge in [0.15, 0.2) is 0 Å². The molecular formula is C16H17NO5. The van der Waals surface area contributed by atoms with Crippen LogP contribution in [0.25, 0.3) is 0 Å². The van der Waals surface area contributed by atoms with E-state index in [9.17, 15) is 19.5 Å². The van der Waals surface area contributed by atoms with Gasteiger partial charge < -0.3 is 15.5 Å². The molecule has 1 aromatic carbocycles. The minimum Gasteiger partial charge on any atom is -0.481 e. The molecule has 0 radical (unpaired) electrons. The summed E-state index contributed by atoms with van der Waals surface area (Å²) in [5.41, 5.74) is 0.470. The molecule has 0 unspecified atom stereocenters. The maximum absolute atomic E-state index is 12.5. The third-order valence-electron chi connectivity index (χ3n) is 4.88. The molecule has 2 bridgehead atoms. The molecule has 0 saturated heterocycles. The summed E-state index contributed by atoms with van der Waals surface area (Å²) in [7, 11) is 0. The molecule has 1 amide bonds. The number of anilines is 1. The van der Waals surface area contributed by atoms with E-state index in [1.165, 1.54) is 12.1 Å². The van der Waals surface area contributed by atoms with E-state index in [0.29, 0.717) is 5.69 Å². The average Bonchev–Trinajstić information content (AvgIpc) is 3.07. The van der Waals surface area contributed by atoms with E-state index in [4.69, 9.17) is 5.11 Å². The lowest BCUT2D eigenvalue weighted by Gasteiger charge is -2.27. The van der Waals surface area contributed by atoms with Crippen LogP contribution in [0.4, 0.5) is 5.69 Å². The highest BCUT2D eigenvalue weighted by Crippen LogP contribution is 2.52. The number of carbonyl (C=O) groups excluding carboxylic acids is 1. The number of fused-ring (bicyclic) bond motifs is 2. The Morgan fingerprint density at radius 2 is 1.73 bits per heavy atom. The quantitative estimate of drug-likeness (QED) is 0.790. The van der Waals surface area contributed by atoms with E-state index in [1.807, 2.05) is 0 Å². The number of hydrogen-bond acceptors (Lipinski definition) is 3. The fourth-order valence-electron chi connectivity index (χ4n) is 3.98. The Morgan fingerprint density at radius 3 is 2.36 bits per heavy atom. The SMILES string of the molecule is O=C(O)c1cccc(NC(=O)[C@@H]2[C@H]3CC[C@@H](C3)[C@@H]2C(=O)O)c1. The highest BCUT2D eigenvalue weighted by atomic mass is 16.4. The van der Waals surface area contributed by atoms with Crippen LogP contribution in [0.1, 0.15) is 29.6 Å². The normalized spacial score (nSPS) is 29.3. The third kappa shape index (κ3) is 2.45. The smallest absolute Gasteiger partial charge is 0.335 e. The van der Waals surface area contributed by atoms with Crippen molar-refractivity contribution < 1.29 is 24.6 Å². The van der Waals surface area contributed by atoms with Gasteiger partial charge in [-0.1, -0.05) is 6.07 Å². The molecule has 1 aromatic rings. The van der Waals surface area contributed by atoms with Crippen LogP contribution in [0.3, 0.4) is 0 Å². The summed E-state index contributed by atoms with van der Waals surface area (Å²) in [6.45, 7) is 0. The highest BCUT2D eigenvalue weighted by molar-refractivity contribution is 5.97. The molecule has 2 saturated carbocycles. The van der Waals surface area contributed by atoms with E-state index in [-0.39, 0.29) is 23.3 Å². The molecule has 3 N–H and O–H groups in total. The summed E-state index contributed by atoms with van der Waals surface area (Å²) in [6, 6.07) is 5.97. The molecular weight excluding hydrogens is 286 g/mol. The van der Waals surface area contributed by atoms with Crippen molar-refractivity contribution >= 4 is 23.5 Å². The molecule has 6 nitrogen and oxygen atoms in total. The van der Waals surface area contributed by atoms with Crippen LogP contribution in [-0.2, 0) is 9.59 Å². The van der Waals surface area contributed by atoms with Crippen LogP contribution in [0, 0.1) is 23.7 Å². The second-order valence-electron chi connectivity index (χ2n) is 6.10. The Morgan fingerprint density at radius 1 is 1.05 bits per heavy atom. The van der Waals surface area contributed by atoms with Crippen molar-refractivity contribution in [2.75, 3.05) is 5.32 Å². The Labute approximate surface area is 127 Å². The van der Waals surface area contributed by atoms with Crippen molar-refractivity contribution in [3.8, 4) is 0 Å². The summed E-state index contributed by atoms with van der Waals surface area (Å²) >= 11 is 0. The van der Waals surface area contributed by atoms with Gasteiger partial charge in [-0.3, -0.25) is 9.59 Å². The maximum atomic E-state index is 12.5. The first kappa shape index (κ1) is 14.6. The number of carbonyl (C=O) groups is 3. The van der Waals surface area contributed by atoms with Crippen LogP contribution in [0.2, 0.25) is 0 Å². The molecule has 3 rings (SSSR count). The Bertz CT molecular complexity index is 641. The zero-order valence-electron chi connectivity index (χ0n) is 11.9. The fourth-order valence-corrected chi connectivity index (χ4v) is 3.98. The topological polar surface area (TPSA) is 104 Å². The van der Waals surface area contributed by atoms with Crippen LogP contribution in [0.5, 0.6) is 0 Å². The van der Waals surface area contributed by atoms with Crippen LogP contribution in [0.15, 0.2) is 24.3 Å². The van der Waals surface area contributed by atoms with Crippen LogP contribution in [-0.4, -0.2) is 28.1 Å². The molecule has 2 aliphatic carbocycles. The minimum atomic E-state index is -1.07. The van der Waals surface area contributed by atoms with Gasteiger partial charge in [-0.25, -0.2) is 4.79 Å². The Balaban J connectivity index is 1.78. The van der Waals surface area contributed by atoms with Gasteiger partial charge in [0.2, 0.25) is 5.91 Å². The lowest BCUT2D eigenvalue weighted by Crippen LogP contribution is -2.37. The number of nitrogens with one attached hydrogen (secondary N) is 1. The molecule has 0 spiro atoms. The number of aromatic carboxylic acids is 1. The monoisotopic (exact) mass is 303 g/mol. The number of amides is 1. The minimum absolute atomic E-state index is 0.0838. The Kier molecular flexibility index (Phi) is 3.60. The van der Waals surface area contributed by atoms with Gasteiger partial charge in [-0.05, 0) is 49.3 Å². The molecule has 0 aliphatic heterocycles. The summed E-state index contributed by atoms with van der Waals surface area (Å²) in [5.74, 6) is -3.24. The zero-order chi connectivity index (χ0) is 15.9. The van der Waals surface area contributed by atoms with E-state index in [2.05, 4.69) is 5.32 Å². The second-order valence-corrected chi connectivity index (χ2v) is 6.10. The van der Waals surface area contributed by atoms with Crippen molar-refractivity contribution in [1.29, 1.82) is 0 Å². The first-order valence-corrected chi connectivity index (χ1v) is 7.34. The van der Waals surface area contributed by atoms with Gasteiger partial charge >= 0.3 is 11.9 Å². The number of benzene rings is 1. The van der Waals surface area contributed by atoms with E-state index in [0.717, 1.165) is 19.3 Å². The van der Waals surface area contributed by atoms with Gasteiger partial charge in [-0.2, -0.15) is 0 Å². The molecule has 22 heavy (non-hydrogen) atoms. The number of hydrogen-bond donors (Lipinski definition) is 3. The molecule has 2 fully saturated rings. The summed E-state index contributed by atoms with van der Waals surface area (Å²) in [4.78, 5) is 34.9. The molecule has 116 valence electrons. The van der Waals surface area contributed by atoms with Crippen molar-refractivity contribution in [1.82, 2.24) is 0 Å². The zero-order valence-corrected chi connectivity index (χ0v) is 11.9. The second kappa shape index (κ2) is 5.44. The molecule has 6 heteroatoms. The van der Waals surface area contributed by atoms with Gasteiger partial charge in [0.25, 0.3) is 0 Å². The average molecular weight is 303 g/mol. The first-order valence-electron chi connectivity index (χ1n) is 7.34. The van der Waals surface area contributed by atoms with Gasteiger partial charge in [0.1, 0.15) is 0 Å². The summed E-state index contributed by atoms with van der Waals surface area (Å²) in [5, 5.41) is 21.0. The van der Waals surface area contributed by atoms with E-state index >= 15 is 0 Å². The lowest BCUT2D eigenvalue weighted by molar-refractivity contribution is -0.148. The van der Waals surface area contributed by atoms with Crippen molar-refractivity contribution in [3.63, 3.8) is 0 Å². The van der Waals surface area contributed by atoms with Crippen LogP contribution >= 0.6 is 0 Å². The maximum Gasteiger partial charge on any atom is 0.335 e. The van der Waals surface area contributed by atoms with Crippen molar-refractivity contribution in [2.24, 2.45) is 23.7 Å².